The molecular formula is C17H13ClN2O4S. The van der Waals surface area contributed by atoms with Gasteiger partial charge in [0.05, 0.1) is 16.8 Å². The third kappa shape index (κ3) is 2.96. The molecule has 0 saturated carbocycles. The van der Waals surface area contributed by atoms with Crippen molar-refractivity contribution in [3.05, 3.63) is 45.1 Å². The molecule has 2 N–H and O–H groups in total. The molecule has 3 aromatic rings. The second kappa shape index (κ2) is 6.42. The molecular weight excluding hydrogens is 364 g/mol. The number of carboxylic acid groups (broad SMARTS) is 2. The highest BCUT2D eigenvalue weighted by Crippen LogP contribution is 2.36. The number of thiophene rings is 1. The van der Waals surface area contributed by atoms with Crippen LogP contribution in [0, 0.1) is 6.92 Å². The fourth-order valence-electron chi connectivity index (χ4n) is 2.74. The molecule has 0 atom stereocenters. The molecule has 0 bridgehead atoms. The first kappa shape index (κ1) is 17.3. The molecule has 0 saturated heterocycles. The predicted molar refractivity (Wildman–Crippen MR) is 95.9 cm³/mol. The van der Waals surface area contributed by atoms with Crippen LogP contribution in [0.2, 0.25) is 5.28 Å². The van der Waals surface area contributed by atoms with Gasteiger partial charge in [-0.05, 0) is 42.6 Å². The van der Waals surface area contributed by atoms with Crippen LogP contribution in [-0.4, -0.2) is 32.1 Å². The highest BCUT2D eigenvalue weighted by molar-refractivity contribution is 7.18. The maximum Gasteiger partial charge on any atom is 0.336 e. The number of aromatic nitrogens is 2. The molecule has 0 aliphatic carbocycles. The van der Waals surface area contributed by atoms with Crippen molar-refractivity contribution in [3.8, 4) is 11.3 Å². The Balaban J connectivity index is 2.39. The summed E-state index contributed by atoms with van der Waals surface area (Å²) in [6.45, 7) is 3.48. The van der Waals surface area contributed by atoms with Gasteiger partial charge in [-0.2, -0.15) is 0 Å². The van der Waals surface area contributed by atoms with Crippen molar-refractivity contribution < 1.29 is 19.8 Å². The number of rotatable bonds is 4. The van der Waals surface area contributed by atoms with Crippen LogP contribution >= 0.6 is 22.9 Å². The lowest BCUT2D eigenvalue weighted by atomic mass is 9.94. The number of carbonyl (C=O) groups is 2. The topological polar surface area (TPSA) is 100 Å². The summed E-state index contributed by atoms with van der Waals surface area (Å²) in [7, 11) is 0. The van der Waals surface area contributed by atoms with Gasteiger partial charge in [-0.25, -0.2) is 19.6 Å². The molecule has 2 heterocycles. The van der Waals surface area contributed by atoms with E-state index in [0.29, 0.717) is 21.5 Å². The highest BCUT2D eigenvalue weighted by Gasteiger charge is 2.23. The van der Waals surface area contributed by atoms with Crippen molar-refractivity contribution in [2.75, 3.05) is 0 Å². The fraction of sp³-hybridized carbons (Fsp3) is 0.176. The zero-order chi connectivity index (χ0) is 18.3. The van der Waals surface area contributed by atoms with E-state index in [-0.39, 0.29) is 22.0 Å². The number of fused-ring (bicyclic) bond motifs is 1. The predicted octanol–water partition coefficient (Wildman–Crippen LogP) is 4.28. The molecule has 25 heavy (non-hydrogen) atoms. The van der Waals surface area contributed by atoms with E-state index in [2.05, 4.69) is 9.97 Å². The van der Waals surface area contributed by atoms with Crippen molar-refractivity contribution in [1.82, 2.24) is 9.97 Å². The minimum Gasteiger partial charge on any atom is -0.478 e. The molecule has 0 aliphatic rings. The van der Waals surface area contributed by atoms with Gasteiger partial charge in [-0.3, -0.25) is 0 Å². The lowest BCUT2D eigenvalue weighted by Gasteiger charge is -2.12. The second-order valence-corrected chi connectivity index (χ2v) is 6.85. The first-order valence-corrected chi connectivity index (χ1v) is 8.59. The van der Waals surface area contributed by atoms with Gasteiger partial charge in [-0.15, -0.1) is 11.3 Å². The summed E-state index contributed by atoms with van der Waals surface area (Å²) in [4.78, 5) is 33.3. The first-order valence-electron chi connectivity index (χ1n) is 7.40. The van der Waals surface area contributed by atoms with Crippen LogP contribution in [0.1, 0.15) is 38.1 Å². The quantitative estimate of drug-likeness (QED) is 0.659. The molecule has 128 valence electrons. The molecule has 0 aliphatic heterocycles. The number of hydrogen-bond donors (Lipinski definition) is 2. The van der Waals surface area contributed by atoms with Crippen molar-refractivity contribution in [3.63, 3.8) is 0 Å². The standard InChI is InChI=1S/C17H13ClN2O4S/c1-3-8-6-11-13(19-17(18)20-14(11)25-8)10-5-4-9(15(21)22)7(2)12(10)16(23)24/h4-6H,3H2,1-2H3,(H,21,22)(H,23,24). The van der Waals surface area contributed by atoms with Crippen molar-refractivity contribution in [1.29, 1.82) is 0 Å². The summed E-state index contributed by atoms with van der Waals surface area (Å²) in [5, 5.41) is 19.6. The van der Waals surface area contributed by atoms with E-state index in [9.17, 15) is 19.8 Å². The summed E-state index contributed by atoms with van der Waals surface area (Å²) in [6.07, 6.45) is 0.806. The van der Waals surface area contributed by atoms with Crippen LogP contribution in [0.3, 0.4) is 0 Å². The zero-order valence-corrected chi connectivity index (χ0v) is 14.9. The Morgan fingerprint density at radius 1 is 1.20 bits per heavy atom. The lowest BCUT2D eigenvalue weighted by Crippen LogP contribution is -2.09. The molecule has 0 amide bonds. The molecule has 8 heteroatoms. The fourth-order valence-corrected chi connectivity index (χ4v) is 3.93. The van der Waals surface area contributed by atoms with Crippen molar-refractivity contribution in [2.45, 2.75) is 20.3 Å². The normalized spacial score (nSPS) is 11.0. The Kier molecular flexibility index (Phi) is 4.45. The van der Waals surface area contributed by atoms with Gasteiger partial charge >= 0.3 is 11.9 Å². The smallest absolute Gasteiger partial charge is 0.336 e. The van der Waals surface area contributed by atoms with E-state index in [4.69, 9.17) is 11.6 Å². The van der Waals surface area contributed by atoms with E-state index in [1.807, 2.05) is 13.0 Å². The molecule has 2 aromatic heterocycles. The number of aryl methyl sites for hydroxylation is 1. The van der Waals surface area contributed by atoms with Crippen LogP contribution in [0.25, 0.3) is 21.5 Å². The van der Waals surface area contributed by atoms with E-state index >= 15 is 0 Å². The van der Waals surface area contributed by atoms with Crippen LogP contribution in [0.15, 0.2) is 18.2 Å². The number of nitrogens with zero attached hydrogens (tertiary/aromatic N) is 2. The third-order valence-electron chi connectivity index (χ3n) is 3.93. The van der Waals surface area contributed by atoms with Gasteiger partial charge in [0.2, 0.25) is 5.28 Å². The number of halogens is 1. The van der Waals surface area contributed by atoms with Gasteiger partial charge in [0, 0.05) is 15.8 Å². The van der Waals surface area contributed by atoms with Gasteiger partial charge in [0.15, 0.2) is 0 Å². The van der Waals surface area contributed by atoms with Gasteiger partial charge in [0.1, 0.15) is 4.83 Å². The number of benzene rings is 1. The average Bonchev–Trinajstić information content (AvgIpc) is 2.95. The van der Waals surface area contributed by atoms with Crippen LogP contribution in [0.5, 0.6) is 0 Å². The highest BCUT2D eigenvalue weighted by atomic mass is 35.5. The molecule has 6 nitrogen and oxygen atoms in total. The summed E-state index contributed by atoms with van der Waals surface area (Å²) in [5.74, 6) is -2.40. The summed E-state index contributed by atoms with van der Waals surface area (Å²) in [6, 6.07) is 4.76. The molecule has 0 unspecified atom stereocenters. The maximum atomic E-state index is 11.8. The Bertz CT molecular complexity index is 1030. The van der Waals surface area contributed by atoms with Crippen molar-refractivity contribution in [2.24, 2.45) is 0 Å². The molecule has 3 rings (SSSR count). The SMILES string of the molecule is CCc1cc2c(-c3ccc(C(=O)O)c(C)c3C(=O)O)nc(Cl)nc2s1. The second-order valence-electron chi connectivity index (χ2n) is 5.40. The van der Waals surface area contributed by atoms with E-state index in [1.165, 1.54) is 30.4 Å². The minimum atomic E-state index is -1.22. The molecule has 0 radical (unpaired) electrons. The Morgan fingerprint density at radius 3 is 2.52 bits per heavy atom. The summed E-state index contributed by atoms with van der Waals surface area (Å²) in [5.41, 5.74) is 0.733. The van der Waals surface area contributed by atoms with Crippen LogP contribution in [0.4, 0.5) is 0 Å². The summed E-state index contributed by atoms with van der Waals surface area (Å²) < 4.78 is 0. The maximum absolute atomic E-state index is 11.8. The Hall–Kier alpha value is -2.51. The average molecular weight is 377 g/mol. The van der Waals surface area contributed by atoms with Gasteiger partial charge < -0.3 is 10.2 Å². The molecule has 0 spiro atoms. The first-order chi connectivity index (χ1) is 11.8. The van der Waals surface area contributed by atoms with Crippen molar-refractivity contribution >= 4 is 45.1 Å². The number of hydrogen-bond acceptors (Lipinski definition) is 5. The summed E-state index contributed by atoms with van der Waals surface area (Å²) >= 11 is 7.49. The molecule has 0 fully saturated rings. The number of carboxylic acids is 2. The van der Waals surface area contributed by atoms with Crippen LogP contribution in [-0.2, 0) is 6.42 Å². The lowest BCUT2D eigenvalue weighted by molar-refractivity contribution is 0.0696. The largest absolute Gasteiger partial charge is 0.478 e. The van der Waals surface area contributed by atoms with Gasteiger partial charge in [0.25, 0.3) is 0 Å². The zero-order valence-electron chi connectivity index (χ0n) is 13.3. The van der Waals surface area contributed by atoms with E-state index in [1.54, 1.807) is 0 Å². The monoisotopic (exact) mass is 376 g/mol. The molecule has 1 aromatic carbocycles. The Morgan fingerprint density at radius 2 is 1.92 bits per heavy atom. The Labute approximate surface area is 151 Å². The third-order valence-corrected chi connectivity index (χ3v) is 5.27. The van der Waals surface area contributed by atoms with E-state index in [0.717, 1.165) is 11.3 Å². The number of aromatic carboxylic acids is 2. The van der Waals surface area contributed by atoms with Crippen LogP contribution < -0.4 is 0 Å². The van der Waals surface area contributed by atoms with Gasteiger partial charge in [-0.1, -0.05) is 13.0 Å². The minimum absolute atomic E-state index is 0.0170. The van der Waals surface area contributed by atoms with E-state index < -0.39 is 11.9 Å².